The molecule has 4 rings (SSSR count). The van der Waals surface area contributed by atoms with Gasteiger partial charge in [0, 0.05) is 29.6 Å². The molecule has 0 radical (unpaired) electrons. The van der Waals surface area contributed by atoms with Crippen LogP contribution < -0.4 is 10.1 Å². The normalized spacial score (nSPS) is 11.0. The van der Waals surface area contributed by atoms with Gasteiger partial charge in [0.15, 0.2) is 5.82 Å². The van der Waals surface area contributed by atoms with E-state index in [9.17, 15) is 9.18 Å². The molecule has 2 heterocycles. The summed E-state index contributed by atoms with van der Waals surface area (Å²) in [5.74, 6) is 0.335. The minimum atomic E-state index is -0.414. The molecule has 0 aliphatic heterocycles. The van der Waals surface area contributed by atoms with Crippen molar-refractivity contribution in [3.8, 4) is 17.1 Å². The minimum Gasteiger partial charge on any atom is -0.497 e. The first-order valence-corrected chi connectivity index (χ1v) is 9.30. The average molecular weight is 392 g/mol. The number of rotatable bonds is 5. The Morgan fingerprint density at radius 2 is 2.03 bits per heavy atom. The smallest absolute Gasteiger partial charge is 0.256 e. The number of benzene rings is 2. The Morgan fingerprint density at radius 1 is 1.21 bits per heavy atom. The lowest BCUT2D eigenvalue weighted by molar-refractivity contribution is 0.102. The maximum absolute atomic E-state index is 13.7. The second-order valence-electron chi connectivity index (χ2n) is 6.78. The van der Waals surface area contributed by atoms with Gasteiger partial charge in [-0.25, -0.2) is 4.39 Å². The number of nitrogens with one attached hydrogen (secondary N) is 2. The number of hydrogen-bond acceptors (Lipinski definition) is 3. The summed E-state index contributed by atoms with van der Waals surface area (Å²) in [5.41, 5.74) is 3.51. The number of fused-ring (bicyclic) bond motifs is 1. The van der Waals surface area contributed by atoms with E-state index in [0.717, 1.165) is 34.6 Å². The van der Waals surface area contributed by atoms with Crippen LogP contribution in [0.25, 0.3) is 22.3 Å². The molecule has 148 valence electrons. The molecular weight excluding hydrogens is 371 g/mol. The van der Waals surface area contributed by atoms with Gasteiger partial charge in [-0.1, -0.05) is 6.07 Å². The number of aromatic amines is 1. The maximum Gasteiger partial charge on any atom is 0.256 e. The van der Waals surface area contributed by atoms with Gasteiger partial charge in [-0.2, -0.15) is 5.10 Å². The topological polar surface area (TPSA) is 71.9 Å². The number of aromatic nitrogens is 3. The monoisotopic (exact) mass is 392 g/mol. The van der Waals surface area contributed by atoms with Crippen molar-refractivity contribution in [2.24, 2.45) is 0 Å². The third-order valence-electron chi connectivity index (χ3n) is 4.96. The zero-order valence-electron chi connectivity index (χ0n) is 16.4. The molecule has 7 heteroatoms. The Kier molecular flexibility index (Phi) is 4.80. The molecule has 2 N–H and O–H groups in total. The summed E-state index contributed by atoms with van der Waals surface area (Å²) in [6.07, 6.45) is 0. The Balaban J connectivity index is 1.63. The van der Waals surface area contributed by atoms with Crippen molar-refractivity contribution in [3.05, 3.63) is 65.5 Å². The molecule has 0 unspecified atom stereocenters. The highest BCUT2D eigenvalue weighted by Crippen LogP contribution is 2.30. The van der Waals surface area contributed by atoms with Gasteiger partial charge >= 0.3 is 0 Å². The third kappa shape index (κ3) is 3.47. The number of methoxy groups -OCH3 is 1. The van der Waals surface area contributed by atoms with Gasteiger partial charge in [0.1, 0.15) is 11.6 Å². The highest BCUT2D eigenvalue weighted by atomic mass is 19.1. The van der Waals surface area contributed by atoms with E-state index in [-0.39, 0.29) is 5.56 Å². The van der Waals surface area contributed by atoms with Crippen molar-refractivity contribution in [2.75, 3.05) is 12.4 Å². The number of anilines is 1. The number of amides is 1. The Labute approximate surface area is 167 Å². The van der Waals surface area contributed by atoms with E-state index in [4.69, 9.17) is 4.74 Å². The number of ether oxygens (including phenoxy) is 1. The number of carbonyl (C=O) groups excluding carboxylic acids is 1. The summed E-state index contributed by atoms with van der Waals surface area (Å²) in [6.45, 7) is 4.47. The fraction of sp³-hybridized carbons (Fsp3) is 0.182. The Morgan fingerprint density at radius 3 is 2.76 bits per heavy atom. The fourth-order valence-corrected chi connectivity index (χ4v) is 3.36. The lowest BCUT2D eigenvalue weighted by Crippen LogP contribution is -2.12. The molecule has 0 spiro atoms. The lowest BCUT2D eigenvalue weighted by Gasteiger charge is -2.07. The van der Waals surface area contributed by atoms with Crippen molar-refractivity contribution < 1.29 is 13.9 Å². The van der Waals surface area contributed by atoms with Crippen LogP contribution in [0.5, 0.6) is 5.75 Å². The van der Waals surface area contributed by atoms with Crippen LogP contribution in [0.2, 0.25) is 0 Å². The summed E-state index contributed by atoms with van der Waals surface area (Å²) in [4.78, 5) is 12.4. The predicted octanol–water partition coefficient (Wildman–Crippen LogP) is 4.76. The van der Waals surface area contributed by atoms with E-state index in [0.29, 0.717) is 11.4 Å². The molecule has 0 saturated heterocycles. The molecule has 0 aliphatic rings. The second kappa shape index (κ2) is 7.43. The van der Waals surface area contributed by atoms with Crippen LogP contribution in [-0.4, -0.2) is 27.8 Å². The number of H-pyrrole nitrogens is 1. The van der Waals surface area contributed by atoms with Crippen molar-refractivity contribution in [1.82, 2.24) is 14.8 Å². The van der Waals surface area contributed by atoms with Gasteiger partial charge in [-0.3, -0.25) is 9.89 Å². The molecule has 2 aromatic heterocycles. The summed E-state index contributed by atoms with van der Waals surface area (Å²) >= 11 is 0. The van der Waals surface area contributed by atoms with Gasteiger partial charge in [-0.05, 0) is 49.7 Å². The maximum atomic E-state index is 13.7. The first kappa shape index (κ1) is 18.7. The van der Waals surface area contributed by atoms with Crippen LogP contribution >= 0.6 is 0 Å². The summed E-state index contributed by atoms with van der Waals surface area (Å²) < 4.78 is 21.2. The third-order valence-corrected chi connectivity index (χ3v) is 4.96. The quantitative estimate of drug-likeness (QED) is 0.514. The first-order chi connectivity index (χ1) is 14.0. The van der Waals surface area contributed by atoms with Gasteiger partial charge in [-0.15, -0.1) is 0 Å². The minimum absolute atomic E-state index is 0.243. The zero-order chi connectivity index (χ0) is 20.5. The van der Waals surface area contributed by atoms with Crippen molar-refractivity contribution in [1.29, 1.82) is 0 Å². The zero-order valence-corrected chi connectivity index (χ0v) is 16.4. The molecule has 0 atom stereocenters. The van der Waals surface area contributed by atoms with Crippen LogP contribution in [0, 0.1) is 12.7 Å². The highest BCUT2D eigenvalue weighted by molar-refractivity contribution is 6.04. The molecule has 0 saturated carbocycles. The van der Waals surface area contributed by atoms with Crippen molar-refractivity contribution in [2.45, 2.75) is 20.4 Å². The molecule has 2 aromatic carbocycles. The standard InChI is InChI=1S/C22H21FN4O2/c1-4-27-19-11-16(29-3)8-7-14(19)10-20(27)18-12-21(26-25-18)24-22(28)15-6-5-13(2)17(23)9-15/h5-12H,4H2,1-3H3,(H2,24,25,26,28). The highest BCUT2D eigenvalue weighted by Gasteiger charge is 2.15. The fourth-order valence-electron chi connectivity index (χ4n) is 3.36. The van der Waals surface area contributed by atoms with E-state index in [1.165, 1.54) is 6.07 Å². The van der Waals surface area contributed by atoms with Gasteiger partial charge in [0.05, 0.1) is 24.0 Å². The molecular formula is C22H21FN4O2. The molecule has 29 heavy (non-hydrogen) atoms. The average Bonchev–Trinajstić information content (AvgIpc) is 3.33. The summed E-state index contributed by atoms with van der Waals surface area (Å²) in [6, 6.07) is 14.1. The van der Waals surface area contributed by atoms with Gasteiger partial charge < -0.3 is 14.6 Å². The van der Waals surface area contributed by atoms with E-state index in [1.807, 2.05) is 18.2 Å². The Bertz CT molecular complexity index is 1210. The summed E-state index contributed by atoms with van der Waals surface area (Å²) in [7, 11) is 1.64. The molecule has 0 bridgehead atoms. The van der Waals surface area contributed by atoms with E-state index < -0.39 is 11.7 Å². The lowest BCUT2D eigenvalue weighted by atomic mass is 10.1. The molecule has 1 amide bonds. The number of halogens is 1. The molecule has 0 fully saturated rings. The number of aryl methyl sites for hydroxylation is 2. The van der Waals surface area contributed by atoms with Crippen LogP contribution in [0.3, 0.4) is 0 Å². The molecule has 6 nitrogen and oxygen atoms in total. The number of hydrogen-bond donors (Lipinski definition) is 2. The Hall–Kier alpha value is -3.61. The molecule has 4 aromatic rings. The van der Waals surface area contributed by atoms with Crippen LogP contribution in [0.1, 0.15) is 22.8 Å². The van der Waals surface area contributed by atoms with Crippen LogP contribution in [0.15, 0.2) is 48.5 Å². The molecule has 0 aliphatic carbocycles. The SMILES string of the molecule is CCn1c(-c2cc(NC(=O)c3ccc(C)c(F)c3)n[nH]2)cc2ccc(OC)cc21. The number of carbonyl (C=O) groups is 1. The van der Waals surface area contributed by atoms with E-state index >= 15 is 0 Å². The number of nitrogens with zero attached hydrogens (tertiary/aromatic N) is 2. The van der Waals surface area contributed by atoms with Gasteiger partial charge in [0.2, 0.25) is 0 Å². The van der Waals surface area contributed by atoms with E-state index in [2.05, 4.69) is 33.1 Å². The van der Waals surface area contributed by atoms with E-state index in [1.54, 1.807) is 32.2 Å². The second-order valence-corrected chi connectivity index (χ2v) is 6.78. The largest absolute Gasteiger partial charge is 0.497 e. The van der Waals surface area contributed by atoms with Crippen molar-refractivity contribution in [3.63, 3.8) is 0 Å². The van der Waals surface area contributed by atoms with Crippen molar-refractivity contribution >= 4 is 22.6 Å². The van der Waals surface area contributed by atoms with Crippen LogP contribution in [-0.2, 0) is 6.54 Å². The first-order valence-electron chi connectivity index (χ1n) is 9.30. The summed E-state index contributed by atoms with van der Waals surface area (Å²) in [5, 5.41) is 11.0. The van der Waals surface area contributed by atoms with Crippen LogP contribution in [0.4, 0.5) is 10.2 Å². The predicted molar refractivity (Wildman–Crippen MR) is 111 cm³/mol. The van der Waals surface area contributed by atoms with Gasteiger partial charge in [0.25, 0.3) is 5.91 Å².